The highest BCUT2D eigenvalue weighted by Gasteiger charge is 2.12. The van der Waals surface area contributed by atoms with E-state index < -0.39 is 0 Å². The molecule has 1 aliphatic heterocycles. The van der Waals surface area contributed by atoms with E-state index in [-0.39, 0.29) is 0 Å². The summed E-state index contributed by atoms with van der Waals surface area (Å²) in [7, 11) is 1.68. The van der Waals surface area contributed by atoms with Crippen molar-refractivity contribution in [2.24, 2.45) is 0 Å². The second kappa shape index (κ2) is 3.17. The number of hydrogen-bond acceptors (Lipinski definition) is 3. The van der Waals surface area contributed by atoms with Crippen molar-refractivity contribution in [2.75, 3.05) is 24.3 Å². The second-order valence-corrected chi connectivity index (χ2v) is 3.34. The number of benzene rings is 1. The van der Waals surface area contributed by atoms with Crippen LogP contribution in [0.4, 0.5) is 11.4 Å². The molecule has 0 spiro atoms. The van der Waals surface area contributed by atoms with Gasteiger partial charge in [0.05, 0.1) is 18.5 Å². The largest absolute Gasteiger partial charge is 0.497 e. The Morgan fingerprint density at radius 2 is 2.23 bits per heavy atom. The topological polar surface area (TPSA) is 33.3 Å². The molecule has 0 saturated carbocycles. The fraction of sp³-hybridized carbons (Fsp3) is 0.400. The molecular weight excluding hydrogens is 164 g/mol. The molecule has 0 aromatic heterocycles. The number of hydrogen-bond donors (Lipinski definition) is 2. The van der Waals surface area contributed by atoms with Crippen molar-refractivity contribution in [1.29, 1.82) is 0 Å². The quantitative estimate of drug-likeness (QED) is 0.689. The number of methoxy groups -OCH3 is 1. The Labute approximate surface area is 78.1 Å². The molecule has 0 saturated heterocycles. The van der Waals surface area contributed by atoms with Crippen LogP contribution < -0.4 is 15.4 Å². The van der Waals surface area contributed by atoms with Gasteiger partial charge in [-0.25, -0.2) is 0 Å². The number of rotatable bonds is 1. The zero-order chi connectivity index (χ0) is 9.26. The molecule has 13 heavy (non-hydrogen) atoms. The molecule has 2 rings (SSSR count). The maximum absolute atomic E-state index is 5.14. The Bertz CT molecular complexity index is 312. The first-order chi connectivity index (χ1) is 6.29. The molecule has 2 N–H and O–H groups in total. The summed E-state index contributed by atoms with van der Waals surface area (Å²) in [5.41, 5.74) is 2.28. The normalized spacial score (nSPS) is 19.7. The molecule has 0 fully saturated rings. The predicted molar refractivity (Wildman–Crippen MR) is 54.6 cm³/mol. The average Bonchev–Trinajstić information content (AvgIpc) is 2.17. The molecule has 1 atom stereocenters. The highest BCUT2D eigenvalue weighted by Crippen LogP contribution is 2.29. The van der Waals surface area contributed by atoms with Gasteiger partial charge in [-0.05, 0) is 19.1 Å². The second-order valence-electron chi connectivity index (χ2n) is 3.34. The Hall–Kier alpha value is -1.38. The van der Waals surface area contributed by atoms with Crippen molar-refractivity contribution >= 4 is 11.4 Å². The van der Waals surface area contributed by atoms with Crippen LogP contribution in [0, 0.1) is 0 Å². The van der Waals surface area contributed by atoms with E-state index in [1.807, 2.05) is 18.2 Å². The van der Waals surface area contributed by atoms with E-state index in [0.29, 0.717) is 6.04 Å². The fourth-order valence-electron chi connectivity index (χ4n) is 1.50. The van der Waals surface area contributed by atoms with Crippen molar-refractivity contribution in [2.45, 2.75) is 13.0 Å². The van der Waals surface area contributed by atoms with Gasteiger partial charge in [0.2, 0.25) is 0 Å². The minimum atomic E-state index is 0.487. The first kappa shape index (κ1) is 8.23. The number of anilines is 2. The van der Waals surface area contributed by atoms with Gasteiger partial charge in [0, 0.05) is 18.7 Å². The van der Waals surface area contributed by atoms with E-state index in [0.717, 1.165) is 23.7 Å². The molecule has 70 valence electrons. The van der Waals surface area contributed by atoms with Gasteiger partial charge in [0.25, 0.3) is 0 Å². The standard InChI is InChI=1S/C10H14N2O/c1-7-6-11-10-5-8(13-2)3-4-9(10)12-7/h3-5,7,11-12H,6H2,1-2H3/t7-/m0/s1. The maximum Gasteiger partial charge on any atom is 0.121 e. The van der Waals surface area contributed by atoms with Crippen molar-refractivity contribution in [3.05, 3.63) is 18.2 Å². The van der Waals surface area contributed by atoms with Gasteiger partial charge in [-0.2, -0.15) is 0 Å². The highest BCUT2D eigenvalue weighted by atomic mass is 16.5. The third-order valence-electron chi connectivity index (χ3n) is 2.23. The van der Waals surface area contributed by atoms with Crippen LogP contribution >= 0.6 is 0 Å². The zero-order valence-electron chi connectivity index (χ0n) is 7.92. The molecule has 1 heterocycles. The molecule has 3 nitrogen and oxygen atoms in total. The van der Waals surface area contributed by atoms with E-state index in [1.165, 1.54) is 0 Å². The third kappa shape index (κ3) is 1.54. The average molecular weight is 178 g/mol. The fourth-order valence-corrected chi connectivity index (χ4v) is 1.50. The minimum Gasteiger partial charge on any atom is -0.497 e. The van der Waals surface area contributed by atoms with Crippen molar-refractivity contribution in [3.63, 3.8) is 0 Å². The van der Waals surface area contributed by atoms with Crippen LogP contribution in [0.3, 0.4) is 0 Å². The molecule has 1 aromatic carbocycles. The summed E-state index contributed by atoms with van der Waals surface area (Å²) in [5, 5.41) is 6.74. The maximum atomic E-state index is 5.14. The molecule has 0 aliphatic carbocycles. The molecule has 3 heteroatoms. The number of nitrogens with one attached hydrogen (secondary N) is 2. The van der Waals surface area contributed by atoms with E-state index in [2.05, 4.69) is 17.6 Å². The van der Waals surface area contributed by atoms with Crippen molar-refractivity contribution < 1.29 is 4.74 Å². The van der Waals surface area contributed by atoms with Gasteiger partial charge in [-0.1, -0.05) is 0 Å². The Morgan fingerprint density at radius 1 is 1.38 bits per heavy atom. The van der Waals surface area contributed by atoms with Crippen LogP contribution in [0.1, 0.15) is 6.92 Å². The smallest absolute Gasteiger partial charge is 0.121 e. The summed E-state index contributed by atoms with van der Waals surface area (Å²) in [5.74, 6) is 0.891. The summed E-state index contributed by atoms with van der Waals surface area (Å²) in [4.78, 5) is 0. The molecule has 1 aliphatic rings. The van der Waals surface area contributed by atoms with E-state index >= 15 is 0 Å². The van der Waals surface area contributed by atoms with Gasteiger partial charge in [0.1, 0.15) is 5.75 Å². The van der Waals surface area contributed by atoms with Crippen LogP contribution in [0.25, 0.3) is 0 Å². The Kier molecular flexibility index (Phi) is 2.00. The molecule has 0 amide bonds. The zero-order valence-corrected chi connectivity index (χ0v) is 7.92. The first-order valence-corrected chi connectivity index (χ1v) is 4.48. The van der Waals surface area contributed by atoms with Crippen molar-refractivity contribution in [3.8, 4) is 5.75 Å². The summed E-state index contributed by atoms with van der Waals surface area (Å²) in [6.45, 7) is 3.11. The predicted octanol–water partition coefficient (Wildman–Crippen LogP) is 1.92. The lowest BCUT2D eigenvalue weighted by Gasteiger charge is -2.25. The van der Waals surface area contributed by atoms with Crippen LogP contribution in [-0.4, -0.2) is 19.7 Å². The van der Waals surface area contributed by atoms with Crippen LogP contribution in [0.15, 0.2) is 18.2 Å². The van der Waals surface area contributed by atoms with Gasteiger partial charge in [0.15, 0.2) is 0 Å². The summed E-state index contributed by atoms with van der Waals surface area (Å²) in [6, 6.07) is 6.50. The summed E-state index contributed by atoms with van der Waals surface area (Å²) in [6.07, 6.45) is 0. The van der Waals surface area contributed by atoms with Gasteiger partial charge in [-0.3, -0.25) is 0 Å². The highest BCUT2D eigenvalue weighted by molar-refractivity contribution is 5.72. The van der Waals surface area contributed by atoms with Gasteiger partial charge in [-0.15, -0.1) is 0 Å². The molecule has 0 radical (unpaired) electrons. The SMILES string of the molecule is COc1ccc2c(c1)NC[C@H](C)N2. The molecule has 1 aromatic rings. The lowest BCUT2D eigenvalue weighted by Crippen LogP contribution is -2.29. The van der Waals surface area contributed by atoms with Gasteiger partial charge < -0.3 is 15.4 Å². The third-order valence-corrected chi connectivity index (χ3v) is 2.23. The summed E-state index contributed by atoms with van der Waals surface area (Å²) >= 11 is 0. The van der Waals surface area contributed by atoms with Crippen LogP contribution in [-0.2, 0) is 0 Å². The summed E-state index contributed by atoms with van der Waals surface area (Å²) < 4.78 is 5.14. The monoisotopic (exact) mass is 178 g/mol. The van der Waals surface area contributed by atoms with Crippen molar-refractivity contribution in [1.82, 2.24) is 0 Å². The molecule has 0 unspecified atom stereocenters. The minimum absolute atomic E-state index is 0.487. The van der Waals surface area contributed by atoms with E-state index in [1.54, 1.807) is 7.11 Å². The number of ether oxygens (including phenoxy) is 1. The van der Waals surface area contributed by atoms with Crippen LogP contribution in [0.5, 0.6) is 5.75 Å². The number of fused-ring (bicyclic) bond motifs is 1. The lowest BCUT2D eigenvalue weighted by molar-refractivity contribution is 0.415. The Morgan fingerprint density at radius 3 is 3.00 bits per heavy atom. The van der Waals surface area contributed by atoms with E-state index in [9.17, 15) is 0 Å². The molecule has 0 bridgehead atoms. The van der Waals surface area contributed by atoms with Gasteiger partial charge >= 0.3 is 0 Å². The van der Waals surface area contributed by atoms with E-state index in [4.69, 9.17) is 4.74 Å². The Balaban J connectivity index is 2.31. The first-order valence-electron chi connectivity index (χ1n) is 4.48. The molecular formula is C10H14N2O. The lowest BCUT2D eigenvalue weighted by atomic mass is 10.1. The van der Waals surface area contributed by atoms with Crippen LogP contribution in [0.2, 0.25) is 0 Å².